The lowest BCUT2D eigenvalue weighted by Crippen LogP contribution is -2.70. The highest BCUT2D eigenvalue weighted by Crippen LogP contribution is 2.34. The molecule has 1 atom stereocenters. The standard InChI is InChI=1S/C26H52N2O2.C5H5N/c1-6-7-8-9-10-11-12-13-14-15-16-17-18-23(19-20-24(29)30)28-25(2,3)21-27-22-26(28,4)5;1-2-4-6-5-3-1/h23,27H,6-22H2,1-5H3,(H,29,30);1-5H. The first-order chi connectivity index (χ1) is 17.2. The lowest BCUT2D eigenvalue weighted by molar-refractivity contribution is -0.138. The summed E-state index contributed by atoms with van der Waals surface area (Å²) in [5.41, 5.74) is 0.115. The number of aromatic nitrogens is 1. The predicted molar refractivity (Wildman–Crippen MR) is 153 cm³/mol. The average Bonchev–Trinajstić information content (AvgIpc) is 2.83. The van der Waals surface area contributed by atoms with Gasteiger partial charge < -0.3 is 10.4 Å². The SMILES string of the molecule is CCCCCCCCCCCCCCC(CCC(=O)O)N1C(C)(C)CNCC1(C)C.c1ccncc1. The van der Waals surface area contributed by atoms with E-state index in [1.165, 1.54) is 77.0 Å². The van der Waals surface area contributed by atoms with Gasteiger partial charge in [-0.1, -0.05) is 90.0 Å². The molecular weight excluding hydrogens is 446 g/mol. The highest BCUT2D eigenvalue weighted by atomic mass is 16.4. The Balaban J connectivity index is 0.000000936. The molecule has 0 aliphatic carbocycles. The van der Waals surface area contributed by atoms with Gasteiger partial charge in [0.25, 0.3) is 0 Å². The van der Waals surface area contributed by atoms with Crippen LogP contribution in [0.2, 0.25) is 0 Å². The van der Waals surface area contributed by atoms with Gasteiger partial charge in [0, 0.05) is 49.0 Å². The van der Waals surface area contributed by atoms with Crippen molar-refractivity contribution in [2.75, 3.05) is 13.1 Å². The van der Waals surface area contributed by atoms with Crippen LogP contribution in [0.15, 0.2) is 30.6 Å². The molecule has 1 aromatic heterocycles. The zero-order valence-corrected chi connectivity index (χ0v) is 24.2. The second-order valence-corrected chi connectivity index (χ2v) is 11.9. The number of hydrogen-bond donors (Lipinski definition) is 2. The largest absolute Gasteiger partial charge is 0.481 e. The summed E-state index contributed by atoms with van der Waals surface area (Å²) in [4.78, 5) is 17.7. The fraction of sp³-hybridized carbons (Fsp3) is 0.806. The van der Waals surface area contributed by atoms with Crippen LogP contribution >= 0.6 is 0 Å². The summed E-state index contributed by atoms with van der Waals surface area (Å²) >= 11 is 0. The molecule has 36 heavy (non-hydrogen) atoms. The van der Waals surface area contributed by atoms with Gasteiger partial charge in [-0.05, 0) is 52.7 Å². The normalized spacial score (nSPS) is 17.7. The lowest BCUT2D eigenvalue weighted by Gasteiger charge is -2.56. The number of hydrogen-bond acceptors (Lipinski definition) is 4. The maximum atomic E-state index is 11.3. The van der Waals surface area contributed by atoms with E-state index in [9.17, 15) is 9.90 Å². The fourth-order valence-corrected chi connectivity index (χ4v) is 5.88. The first kappa shape index (κ1) is 32.6. The van der Waals surface area contributed by atoms with E-state index >= 15 is 0 Å². The van der Waals surface area contributed by atoms with Crippen LogP contribution in [-0.4, -0.2) is 51.2 Å². The minimum atomic E-state index is -0.666. The van der Waals surface area contributed by atoms with Crippen LogP contribution < -0.4 is 5.32 Å². The van der Waals surface area contributed by atoms with Crippen LogP contribution in [-0.2, 0) is 4.79 Å². The molecule has 0 bridgehead atoms. The quantitative estimate of drug-likeness (QED) is 0.212. The average molecular weight is 504 g/mol. The Morgan fingerprint density at radius 3 is 1.67 bits per heavy atom. The zero-order valence-electron chi connectivity index (χ0n) is 24.2. The second-order valence-electron chi connectivity index (χ2n) is 11.9. The van der Waals surface area contributed by atoms with Crippen molar-refractivity contribution in [1.29, 1.82) is 0 Å². The maximum Gasteiger partial charge on any atom is 0.303 e. The number of carboxylic acid groups (broad SMARTS) is 1. The van der Waals surface area contributed by atoms with Crippen molar-refractivity contribution in [3.63, 3.8) is 0 Å². The van der Waals surface area contributed by atoms with E-state index in [4.69, 9.17) is 0 Å². The van der Waals surface area contributed by atoms with Gasteiger partial charge in [-0.25, -0.2) is 0 Å². The van der Waals surface area contributed by atoms with E-state index < -0.39 is 5.97 Å². The molecule has 1 saturated heterocycles. The number of piperazine rings is 1. The van der Waals surface area contributed by atoms with Gasteiger partial charge in [0.15, 0.2) is 0 Å². The number of nitrogens with zero attached hydrogens (tertiary/aromatic N) is 2. The van der Waals surface area contributed by atoms with Crippen LogP contribution in [0.4, 0.5) is 0 Å². The number of rotatable bonds is 17. The molecule has 0 amide bonds. The zero-order chi connectivity index (χ0) is 26.7. The van der Waals surface area contributed by atoms with E-state index in [1.54, 1.807) is 12.4 Å². The number of unbranched alkanes of at least 4 members (excludes halogenated alkanes) is 11. The van der Waals surface area contributed by atoms with Gasteiger partial charge in [-0.3, -0.25) is 14.7 Å². The minimum absolute atomic E-state index is 0.0576. The van der Waals surface area contributed by atoms with Crippen LogP contribution in [0.3, 0.4) is 0 Å². The molecular formula is C31H57N3O2. The first-order valence-electron chi connectivity index (χ1n) is 14.8. The molecule has 1 unspecified atom stereocenters. The number of aliphatic carboxylic acids is 1. The highest BCUT2D eigenvalue weighted by Gasteiger charge is 2.44. The molecule has 2 heterocycles. The Kier molecular flexibility index (Phi) is 16.9. The van der Waals surface area contributed by atoms with Gasteiger partial charge >= 0.3 is 5.97 Å². The van der Waals surface area contributed by atoms with E-state index in [0.717, 1.165) is 25.9 Å². The van der Waals surface area contributed by atoms with Crippen LogP contribution in [0.25, 0.3) is 0 Å². The van der Waals surface area contributed by atoms with Gasteiger partial charge in [0.05, 0.1) is 0 Å². The summed E-state index contributed by atoms with van der Waals surface area (Å²) in [5.74, 6) is -0.666. The summed E-state index contributed by atoms with van der Waals surface area (Å²) in [6, 6.07) is 6.07. The summed E-state index contributed by atoms with van der Waals surface area (Å²) in [7, 11) is 0. The summed E-state index contributed by atoms with van der Waals surface area (Å²) in [6.07, 6.45) is 22.0. The van der Waals surface area contributed by atoms with Crippen molar-refractivity contribution in [3.05, 3.63) is 30.6 Å². The molecule has 5 heteroatoms. The van der Waals surface area contributed by atoms with Crippen molar-refractivity contribution < 1.29 is 9.90 Å². The Morgan fingerprint density at radius 1 is 0.806 bits per heavy atom. The third-order valence-electron chi connectivity index (χ3n) is 7.43. The Hall–Kier alpha value is -1.46. The summed E-state index contributed by atoms with van der Waals surface area (Å²) in [6.45, 7) is 13.4. The molecule has 1 fully saturated rings. The molecule has 1 aliphatic heterocycles. The fourth-order valence-electron chi connectivity index (χ4n) is 5.88. The number of pyridine rings is 1. The Bertz CT molecular complexity index is 620. The highest BCUT2D eigenvalue weighted by molar-refractivity contribution is 5.66. The smallest absolute Gasteiger partial charge is 0.303 e. The van der Waals surface area contributed by atoms with Crippen molar-refractivity contribution in [2.45, 2.75) is 148 Å². The van der Waals surface area contributed by atoms with E-state index in [-0.39, 0.29) is 17.5 Å². The number of carbonyl (C=O) groups is 1. The Morgan fingerprint density at radius 2 is 1.28 bits per heavy atom. The van der Waals surface area contributed by atoms with Crippen molar-refractivity contribution in [3.8, 4) is 0 Å². The molecule has 1 aliphatic rings. The maximum absolute atomic E-state index is 11.3. The third-order valence-corrected chi connectivity index (χ3v) is 7.43. The van der Waals surface area contributed by atoms with Crippen LogP contribution in [0.5, 0.6) is 0 Å². The first-order valence-corrected chi connectivity index (χ1v) is 14.8. The van der Waals surface area contributed by atoms with Gasteiger partial charge in [0.2, 0.25) is 0 Å². The summed E-state index contributed by atoms with van der Waals surface area (Å²) in [5, 5.41) is 12.8. The minimum Gasteiger partial charge on any atom is -0.481 e. The van der Waals surface area contributed by atoms with E-state index in [1.807, 2.05) is 18.2 Å². The Labute approximate surface area is 222 Å². The molecule has 0 radical (unpaired) electrons. The molecule has 0 saturated carbocycles. The van der Waals surface area contributed by atoms with Crippen molar-refractivity contribution >= 4 is 5.97 Å². The van der Waals surface area contributed by atoms with Gasteiger partial charge in [-0.15, -0.1) is 0 Å². The van der Waals surface area contributed by atoms with Crippen LogP contribution in [0, 0.1) is 0 Å². The second kappa shape index (κ2) is 18.7. The number of nitrogens with one attached hydrogen (secondary N) is 1. The van der Waals surface area contributed by atoms with Gasteiger partial charge in [-0.2, -0.15) is 0 Å². The molecule has 5 nitrogen and oxygen atoms in total. The molecule has 0 aromatic carbocycles. The third kappa shape index (κ3) is 14.3. The topological polar surface area (TPSA) is 65.5 Å². The molecule has 2 rings (SSSR count). The molecule has 1 aromatic rings. The number of carboxylic acids is 1. The molecule has 0 spiro atoms. The lowest BCUT2D eigenvalue weighted by atomic mass is 9.84. The van der Waals surface area contributed by atoms with Crippen LogP contribution in [0.1, 0.15) is 131 Å². The van der Waals surface area contributed by atoms with Gasteiger partial charge in [0.1, 0.15) is 0 Å². The van der Waals surface area contributed by atoms with Crippen molar-refractivity contribution in [1.82, 2.24) is 15.2 Å². The summed E-state index contributed by atoms with van der Waals surface area (Å²) < 4.78 is 0. The molecule has 208 valence electrons. The van der Waals surface area contributed by atoms with E-state index in [0.29, 0.717) is 6.04 Å². The van der Waals surface area contributed by atoms with E-state index in [2.05, 4.69) is 49.8 Å². The van der Waals surface area contributed by atoms with Crippen molar-refractivity contribution in [2.24, 2.45) is 0 Å². The molecule has 2 N–H and O–H groups in total. The monoisotopic (exact) mass is 503 g/mol. The predicted octanol–water partition coefficient (Wildman–Crippen LogP) is 7.86.